The number of carbonyl (C=O) groups excluding carboxylic acids is 1. The number of aliphatic hydroxyl groups excluding tert-OH is 1. The first-order valence-corrected chi connectivity index (χ1v) is 6.32. The van der Waals surface area contributed by atoms with Gasteiger partial charge in [-0.3, -0.25) is 4.79 Å². The Bertz CT molecular complexity index is 420. The molecule has 1 aliphatic heterocycles. The third-order valence-electron chi connectivity index (χ3n) is 3.37. The highest BCUT2D eigenvalue weighted by Gasteiger charge is 2.24. The molecule has 5 nitrogen and oxygen atoms in total. The van der Waals surface area contributed by atoms with Crippen molar-refractivity contribution in [1.29, 1.82) is 0 Å². The van der Waals surface area contributed by atoms with E-state index in [-0.39, 0.29) is 12.5 Å². The largest absolute Gasteiger partial charge is 0.396 e. The zero-order chi connectivity index (χ0) is 13.0. The average Bonchev–Trinajstić information content (AvgIpc) is 2.39. The molecule has 2 rings (SSSR count). The van der Waals surface area contributed by atoms with E-state index in [2.05, 4.69) is 4.98 Å². The minimum atomic E-state index is 0.00624. The fraction of sp³-hybridized carbons (Fsp3) is 0.538. The molecule has 0 aliphatic carbocycles. The van der Waals surface area contributed by atoms with Gasteiger partial charge in [-0.25, -0.2) is 4.98 Å². The number of hydrogen-bond acceptors (Lipinski definition) is 4. The first-order valence-electron chi connectivity index (χ1n) is 6.32. The Balaban J connectivity index is 2.04. The lowest BCUT2D eigenvalue weighted by Crippen LogP contribution is -2.40. The van der Waals surface area contributed by atoms with Gasteiger partial charge in [0.2, 0.25) is 0 Å². The molecule has 0 aromatic carbocycles. The Morgan fingerprint density at radius 1 is 1.61 bits per heavy atom. The van der Waals surface area contributed by atoms with Crippen molar-refractivity contribution in [2.45, 2.75) is 19.3 Å². The number of carbonyl (C=O) groups is 1. The van der Waals surface area contributed by atoms with Crippen molar-refractivity contribution < 1.29 is 9.90 Å². The summed E-state index contributed by atoms with van der Waals surface area (Å²) >= 11 is 0. The third-order valence-corrected chi connectivity index (χ3v) is 3.37. The van der Waals surface area contributed by atoms with Gasteiger partial charge in [0.15, 0.2) is 0 Å². The van der Waals surface area contributed by atoms with Crippen LogP contribution in [0.2, 0.25) is 0 Å². The minimum Gasteiger partial charge on any atom is -0.396 e. The van der Waals surface area contributed by atoms with Crippen molar-refractivity contribution in [2.24, 2.45) is 5.92 Å². The summed E-state index contributed by atoms with van der Waals surface area (Å²) in [6.45, 7) is 1.69. The molecule has 0 spiro atoms. The van der Waals surface area contributed by atoms with E-state index in [1.54, 1.807) is 18.3 Å². The number of piperidine rings is 1. The molecule has 1 fully saturated rings. The Kier molecular flexibility index (Phi) is 4.15. The smallest absolute Gasteiger partial charge is 0.254 e. The molecule has 0 bridgehead atoms. The van der Waals surface area contributed by atoms with Crippen LogP contribution in [0.3, 0.4) is 0 Å². The number of aromatic nitrogens is 1. The molecule has 18 heavy (non-hydrogen) atoms. The van der Waals surface area contributed by atoms with Crippen LogP contribution in [0.25, 0.3) is 0 Å². The number of nitrogens with two attached hydrogens (primary N) is 1. The van der Waals surface area contributed by atoms with Crippen molar-refractivity contribution in [3.63, 3.8) is 0 Å². The highest BCUT2D eigenvalue weighted by Crippen LogP contribution is 2.21. The van der Waals surface area contributed by atoms with Gasteiger partial charge in [-0.15, -0.1) is 0 Å². The van der Waals surface area contributed by atoms with Crippen LogP contribution in [-0.4, -0.2) is 40.6 Å². The van der Waals surface area contributed by atoms with Gasteiger partial charge in [0.1, 0.15) is 5.82 Å². The summed E-state index contributed by atoms with van der Waals surface area (Å²) in [4.78, 5) is 18.0. The average molecular weight is 249 g/mol. The van der Waals surface area contributed by atoms with E-state index >= 15 is 0 Å². The summed E-state index contributed by atoms with van der Waals surface area (Å²) in [6, 6.07) is 3.30. The molecule has 1 amide bonds. The monoisotopic (exact) mass is 249 g/mol. The van der Waals surface area contributed by atoms with Crippen molar-refractivity contribution >= 4 is 11.7 Å². The molecule has 2 heterocycles. The first kappa shape index (κ1) is 12.8. The molecule has 0 saturated carbocycles. The Morgan fingerprint density at radius 2 is 2.44 bits per heavy atom. The summed E-state index contributed by atoms with van der Waals surface area (Å²) in [6.07, 6.45) is 4.40. The number of nitrogens with zero attached hydrogens (tertiary/aromatic N) is 2. The predicted molar refractivity (Wildman–Crippen MR) is 69.0 cm³/mol. The lowest BCUT2D eigenvalue weighted by Gasteiger charge is -2.32. The van der Waals surface area contributed by atoms with Gasteiger partial charge >= 0.3 is 0 Å². The first-order chi connectivity index (χ1) is 8.70. The SMILES string of the molecule is Nc1cc(C(=O)N2CCCC(CCO)C2)ccn1. The fourth-order valence-electron chi connectivity index (χ4n) is 2.43. The number of anilines is 1. The van der Waals surface area contributed by atoms with Crippen LogP contribution >= 0.6 is 0 Å². The number of hydrogen-bond donors (Lipinski definition) is 2. The second kappa shape index (κ2) is 5.82. The third kappa shape index (κ3) is 2.98. The Labute approximate surface area is 107 Å². The van der Waals surface area contributed by atoms with Gasteiger partial charge in [-0.05, 0) is 37.3 Å². The van der Waals surface area contributed by atoms with E-state index in [1.807, 2.05) is 4.90 Å². The van der Waals surface area contributed by atoms with Crippen molar-refractivity contribution in [3.8, 4) is 0 Å². The van der Waals surface area contributed by atoms with Gasteiger partial charge in [0.25, 0.3) is 5.91 Å². The van der Waals surface area contributed by atoms with Crippen LogP contribution in [0.15, 0.2) is 18.3 Å². The van der Waals surface area contributed by atoms with E-state index < -0.39 is 0 Å². The molecule has 1 saturated heterocycles. The number of pyridine rings is 1. The summed E-state index contributed by atoms with van der Waals surface area (Å²) in [5.74, 6) is 0.781. The van der Waals surface area contributed by atoms with E-state index in [9.17, 15) is 4.79 Å². The molecular weight excluding hydrogens is 230 g/mol. The zero-order valence-electron chi connectivity index (χ0n) is 10.4. The maximum Gasteiger partial charge on any atom is 0.254 e. The summed E-state index contributed by atoms with van der Waals surface area (Å²) in [7, 11) is 0. The molecule has 3 N–H and O–H groups in total. The van der Waals surface area contributed by atoms with Crippen LogP contribution in [0.4, 0.5) is 5.82 Å². The molecule has 1 atom stereocenters. The van der Waals surface area contributed by atoms with Crippen LogP contribution < -0.4 is 5.73 Å². The quantitative estimate of drug-likeness (QED) is 0.834. The van der Waals surface area contributed by atoms with E-state index in [4.69, 9.17) is 10.8 Å². The van der Waals surface area contributed by atoms with Crippen molar-refractivity contribution in [3.05, 3.63) is 23.9 Å². The Morgan fingerprint density at radius 3 is 3.17 bits per heavy atom. The van der Waals surface area contributed by atoms with Gasteiger partial charge in [-0.1, -0.05) is 0 Å². The Hall–Kier alpha value is -1.62. The summed E-state index contributed by atoms with van der Waals surface area (Å²) < 4.78 is 0. The van der Waals surface area contributed by atoms with Crippen molar-refractivity contribution in [1.82, 2.24) is 9.88 Å². The van der Waals surface area contributed by atoms with E-state index in [0.717, 1.165) is 32.4 Å². The predicted octanol–water partition coefficient (Wildman–Crippen LogP) is 0.898. The van der Waals surface area contributed by atoms with E-state index in [0.29, 0.717) is 17.3 Å². The van der Waals surface area contributed by atoms with Crippen LogP contribution in [0.1, 0.15) is 29.6 Å². The fourth-order valence-corrected chi connectivity index (χ4v) is 2.43. The molecular formula is C13H19N3O2. The molecule has 98 valence electrons. The molecule has 5 heteroatoms. The molecule has 1 aromatic heterocycles. The maximum atomic E-state index is 12.3. The topological polar surface area (TPSA) is 79.5 Å². The zero-order valence-corrected chi connectivity index (χ0v) is 10.4. The lowest BCUT2D eigenvalue weighted by molar-refractivity contribution is 0.0653. The van der Waals surface area contributed by atoms with Gasteiger partial charge in [0.05, 0.1) is 0 Å². The van der Waals surface area contributed by atoms with Gasteiger partial charge in [0, 0.05) is 31.5 Å². The number of aliphatic hydroxyl groups is 1. The molecule has 0 radical (unpaired) electrons. The number of amides is 1. The molecule has 1 unspecified atom stereocenters. The van der Waals surface area contributed by atoms with Crippen LogP contribution in [0.5, 0.6) is 0 Å². The van der Waals surface area contributed by atoms with E-state index in [1.165, 1.54) is 0 Å². The van der Waals surface area contributed by atoms with Gasteiger partial charge < -0.3 is 15.7 Å². The number of rotatable bonds is 3. The molecule has 1 aromatic rings. The van der Waals surface area contributed by atoms with Crippen LogP contribution in [0, 0.1) is 5.92 Å². The minimum absolute atomic E-state index is 0.00624. The second-order valence-electron chi connectivity index (χ2n) is 4.74. The van der Waals surface area contributed by atoms with Crippen molar-refractivity contribution in [2.75, 3.05) is 25.4 Å². The number of likely N-dealkylation sites (tertiary alicyclic amines) is 1. The lowest BCUT2D eigenvalue weighted by atomic mass is 9.95. The maximum absolute atomic E-state index is 12.3. The highest BCUT2D eigenvalue weighted by molar-refractivity contribution is 5.94. The second-order valence-corrected chi connectivity index (χ2v) is 4.74. The van der Waals surface area contributed by atoms with Crippen LogP contribution in [-0.2, 0) is 0 Å². The summed E-state index contributed by atoms with van der Waals surface area (Å²) in [5.41, 5.74) is 6.18. The van der Waals surface area contributed by atoms with Gasteiger partial charge in [-0.2, -0.15) is 0 Å². The normalized spacial score (nSPS) is 19.8. The highest BCUT2D eigenvalue weighted by atomic mass is 16.3. The standard InChI is InChI=1S/C13H19N3O2/c14-12-8-11(3-5-15-12)13(18)16-6-1-2-10(9-16)4-7-17/h3,5,8,10,17H,1-2,4,6-7,9H2,(H2,14,15). The molecule has 1 aliphatic rings. The number of nitrogen functional groups attached to an aromatic ring is 1. The summed E-state index contributed by atoms with van der Waals surface area (Å²) in [5, 5.41) is 8.97.